The first-order valence-corrected chi connectivity index (χ1v) is 7.68. The Morgan fingerprint density at radius 2 is 2.33 bits per heavy atom. The number of thioether (sulfide) groups is 1. The molecule has 0 spiro atoms. The molecule has 2 aromatic rings. The number of fused-ring (bicyclic) bond motifs is 1. The van der Waals surface area contributed by atoms with E-state index in [1.807, 2.05) is 4.57 Å². The molecular formula is C14H15FN2O3S. The first-order chi connectivity index (χ1) is 10.1. The molecule has 112 valence electrons. The lowest BCUT2D eigenvalue weighted by Crippen LogP contribution is -2.18. The molecule has 1 fully saturated rings. The monoisotopic (exact) mass is 310 g/mol. The maximum atomic E-state index is 13.8. The van der Waals surface area contributed by atoms with Gasteiger partial charge in [0.15, 0.2) is 16.7 Å². The minimum atomic E-state index is -0.893. The first kappa shape index (κ1) is 14.2. The van der Waals surface area contributed by atoms with Crippen LogP contribution in [0.5, 0.6) is 5.75 Å². The summed E-state index contributed by atoms with van der Waals surface area (Å²) in [6.45, 7) is 0. The molecule has 1 aliphatic carbocycles. The number of halogens is 1. The average molecular weight is 310 g/mol. The van der Waals surface area contributed by atoms with Gasteiger partial charge >= 0.3 is 5.97 Å². The normalized spacial score (nSPS) is 15.1. The Labute approximate surface area is 125 Å². The minimum Gasteiger partial charge on any atom is -0.494 e. The summed E-state index contributed by atoms with van der Waals surface area (Å²) >= 11 is 1.17. The molecule has 0 unspecified atom stereocenters. The van der Waals surface area contributed by atoms with Crippen molar-refractivity contribution in [3.8, 4) is 5.75 Å². The molecule has 1 N–H and O–H groups in total. The van der Waals surface area contributed by atoms with E-state index in [0.29, 0.717) is 16.7 Å². The Kier molecular flexibility index (Phi) is 3.75. The molecule has 0 aliphatic heterocycles. The zero-order chi connectivity index (χ0) is 15.0. The molecule has 21 heavy (non-hydrogen) atoms. The van der Waals surface area contributed by atoms with Gasteiger partial charge in [0, 0.05) is 18.2 Å². The van der Waals surface area contributed by atoms with Gasteiger partial charge in [0.25, 0.3) is 0 Å². The molecule has 0 saturated heterocycles. The van der Waals surface area contributed by atoms with E-state index in [1.54, 1.807) is 6.07 Å². The topological polar surface area (TPSA) is 64.3 Å². The lowest BCUT2D eigenvalue weighted by Gasteiger charge is -2.28. The predicted octanol–water partition coefficient (Wildman–Crippen LogP) is 3.09. The number of imidazole rings is 1. The highest BCUT2D eigenvalue weighted by molar-refractivity contribution is 7.99. The highest BCUT2D eigenvalue weighted by atomic mass is 32.2. The summed E-state index contributed by atoms with van der Waals surface area (Å²) < 4.78 is 20.8. The zero-order valence-corrected chi connectivity index (χ0v) is 12.3. The molecule has 1 aromatic carbocycles. The van der Waals surface area contributed by atoms with Crippen molar-refractivity contribution in [1.82, 2.24) is 9.55 Å². The van der Waals surface area contributed by atoms with Crippen LogP contribution in [0.2, 0.25) is 0 Å². The smallest absolute Gasteiger partial charge is 0.313 e. The number of carbonyl (C=O) groups is 1. The fourth-order valence-corrected chi connectivity index (χ4v) is 3.26. The van der Waals surface area contributed by atoms with Gasteiger partial charge in [0.1, 0.15) is 0 Å². The Morgan fingerprint density at radius 3 is 2.90 bits per heavy atom. The van der Waals surface area contributed by atoms with Crippen LogP contribution < -0.4 is 4.74 Å². The maximum Gasteiger partial charge on any atom is 0.313 e. The summed E-state index contributed by atoms with van der Waals surface area (Å²) in [4.78, 5) is 15.2. The van der Waals surface area contributed by atoms with Gasteiger partial charge in [0.2, 0.25) is 0 Å². The van der Waals surface area contributed by atoms with Gasteiger partial charge in [-0.1, -0.05) is 11.8 Å². The molecular weight excluding hydrogens is 295 g/mol. The summed E-state index contributed by atoms with van der Waals surface area (Å²) in [5.41, 5.74) is 1.33. The van der Waals surface area contributed by atoms with E-state index < -0.39 is 11.8 Å². The third-order valence-electron chi connectivity index (χ3n) is 3.70. The Balaban J connectivity index is 2.10. The van der Waals surface area contributed by atoms with Crippen molar-refractivity contribution in [1.29, 1.82) is 0 Å². The second-order valence-electron chi connectivity index (χ2n) is 5.01. The Hall–Kier alpha value is -1.76. The summed E-state index contributed by atoms with van der Waals surface area (Å²) in [5.74, 6) is -1.23. The van der Waals surface area contributed by atoms with E-state index in [0.717, 1.165) is 24.8 Å². The second kappa shape index (κ2) is 5.55. The summed E-state index contributed by atoms with van der Waals surface area (Å²) in [7, 11) is 1.42. The first-order valence-electron chi connectivity index (χ1n) is 6.70. The van der Waals surface area contributed by atoms with Crippen molar-refractivity contribution >= 4 is 28.8 Å². The molecule has 0 atom stereocenters. The van der Waals surface area contributed by atoms with E-state index >= 15 is 0 Å². The van der Waals surface area contributed by atoms with Crippen LogP contribution in [-0.2, 0) is 4.79 Å². The summed E-state index contributed by atoms with van der Waals surface area (Å²) in [6.07, 6.45) is 3.21. The fraction of sp³-hybridized carbons (Fsp3) is 0.429. The third-order valence-corrected chi connectivity index (χ3v) is 4.63. The fourth-order valence-electron chi connectivity index (χ4n) is 2.46. The zero-order valence-electron chi connectivity index (χ0n) is 11.5. The molecule has 7 heteroatoms. The molecule has 1 aliphatic rings. The molecule has 0 amide bonds. The van der Waals surface area contributed by atoms with E-state index in [-0.39, 0.29) is 11.5 Å². The number of carboxylic acid groups (broad SMARTS) is 1. The predicted molar refractivity (Wildman–Crippen MR) is 77.5 cm³/mol. The quantitative estimate of drug-likeness (QED) is 0.860. The standard InChI is InChI=1S/C14H15FN2O3S/c1-20-12-6-11-10(5-9(12)15)16-14(21-7-13(18)19)17(11)8-3-2-4-8/h5-6,8H,2-4,7H2,1H3,(H,18,19). The number of methoxy groups -OCH3 is 1. The molecule has 0 radical (unpaired) electrons. The largest absolute Gasteiger partial charge is 0.494 e. The summed E-state index contributed by atoms with van der Waals surface area (Å²) in [5, 5.41) is 9.47. The highest BCUT2D eigenvalue weighted by Crippen LogP contribution is 2.39. The number of carboxylic acids is 1. The third kappa shape index (κ3) is 2.57. The number of nitrogens with zero attached hydrogens (tertiary/aromatic N) is 2. The van der Waals surface area contributed by atoms with Gasteiger partial charge in [-0.05, 0) is 19.3 Å². The van der Waals surface area contributed by atoms with Gasteiger partial charge in [-0.25, -0.2) is 9.37 Å². The van der Waals surface area contributed by atoms with E-state index in [9.17, 15) is 9.18 Å². The number of hydrogen-bond acceptors (Lipinski definition) is 4. The molecule has 5 nitrogen and oxygen atoms in total. The molecule has 1 aromatic heterocycles. The SMILES string of the molecule is COc1cc2c(cc1F)nc(SCC(=O)O)n2C1CCC1. The highest BCUT2D eigenvalue weighted by Gasteiger charge is 2.26. The van der Waals surface area contributed by atoms with Gasteiger partial charge in [0.05, 0.1) is 23.9 Å². The lowest BCUT2D eigenvalue weighted by atomic mass is 9.93. The van der Waals surface area contributed by atoms with Crippen molar-refractivity contribution in [2.45, 2.75) is 30.5 Å². The second-order valence-corrected chi connectivity index (χ2v) is 5.95. The van der Waals surface area contributed by atoms with Crippen LogP contribution in [-0.4, -0.2) is 33.5 Å². The van der Waals surface area contributed by atoms with Crippen LogP contribution in [0.15, 0.2) is 17.3 Å². The minimum absolute atomic E-state index is 0.0599. The number of rotatable bonds is 5. The van der Waals surface area contributed by atoms with Crippen molar-refractivity contribution < 1.29 is 19.0 Å². The van der Waals surface area contributed by atoms with Crippen molar-refractivity contribution in [3.63, 3.8) is 0 Å². The molecule has 0 bridgehead atoms. The van der Waals surface area contributed by atoms with Crippen molar-refractivity contribution in [2.24, 2.45) is 0 Å². The van der Waals surface area contributed by atoms with Gasteiger partial charge in [-0.2, -0.15) is 0 Å². The van der Waals surface area contributed by atoms with Crippen LogP contribution in [0.4, 0.5) is 4.39 Å². The van der Waals surface area contributed by atoms with Gasteiger partial charge in [-0.15, -0.1) is 0 Å². The van der Waals surface area contributed by atoms with Crippen LogP contribution in [0.1, 0.15) is 25.3 Å². The Morgan fingerprint density at radius 1 is 1.57 bits per heavy atom. The van der Waals surface area contributed by atoms with Gasteiger partial charge in [-0.3, -0.25) is 4.79 Å². The Bertz CT molecular complexity index is 697. The molecule has 1 heterocycles. The van der Waals surface area contributed by atoms with E-state index in [2.05, 4.69) is 4.98 Å². The average Bonchev–Trinajstić information content (AvgIpc) is 2.71. The van der Waals surface area contributed by atoms with E-state index in [4.69, 9.17) is 9.84 Å². The number of ether oxygens (including phenoxy) is 1. The number of benzene rings is 1. The number of hydrogen-bond donors (Lipinski definition) is 1. The lowest BCUT2D eigenvalue weighted by molar-refractivity contribution is -0.133. The van der Waals surface area contributed by atoms with Crippen molar-refractivity contribution in [2.75, 3.05) is 12.9 Å². The van der Waals surface area contributed by atoms with E-state index in [1.165, 1.54) is 24.9 Å². The summed E-state index contributed by atoms with van der Waals surface area (Å²) in [6, 6.07) is 3.29. The van der Waals surface area contributed by atoms with Crippen LogP contribution in [0.25, 0.3) is 11.0 Å². The van der Waals surface area contributed by atoms with Crippen LogP contribution in [0.3, 0.4) is 0 Å². The van der Waals surface area contributed by atoms with Crippen LogP contribution in [0, 0.1) is 5.82 Å². The van der Waals surface area contributed by atoms with Crippen molar-refractivity contribution in [3.05, 3.63) is 17.9 Å². The van der Waals surface area contributed by atoms with Crippen LogP contribution >= 0.6 is 11.8 Å². The number of aromatic nitrogens is 2. The maximum absolute atomic E-state index is 13.8. The molecule has 1 saturated carbocycles. The number of aliphatic carboxylic acids is 1. The molecule has 3 rings (SSSR count). The van der Waals surface area contributed by atoms with Gasteiger partial charge < -0.3 is 14.4 Å².